The molecule has 0 amide bonds. The molecule has 0 rings (SSSR count). The molecule has 6 heteroatoms. The van der Waals surface area contributed by atoms with Crippen LogP contribution in [0.3, 0.4) is 0 Å². The third-order valence-corrected chi connectivity index (χ3v) is 0. The Morgan fingerprint density at radius 3 is 0.500 bits per heavy atom. The van der Waals surface area contributed by atoms with Crippen molar-refractivity contribution >= 4 is 0 Å². The molecule has 0 radical (unpaired) electrons. The van der Waals surface area contributed by atoms with Gasteiger partial charge in [-0.3, -0.25) is 0 Å². The van der Waals surface area contributed by atoms with Gasteiger partial charge in [0.15, 0.2) is 0 Å². The summed E-state index contributed by atoms with van der Waals surface area (Å²) in [5.74, 6) is 0. The van der Waals surface area contributed by atoms with Crippen molar-refractivity contribution in [1.29, 1.82) is 0 Å². The molecule has 0 aliphatic heterocycles. The van der Waals surface area contributed by atoms with Crippen LogP contribution >= 0.6 is 0 Å². The Hall–Kier alpha value is 3.47. The number of rotatable bonds is 0. The van der Waals surface area contributed by atoms with Crippen LogP contribution in [0.5, 0.6) is 0 Å². The second-order valence-corrected chi connectivity index (χ2v) is 0. The first-order valence-corrected chi connectivity index (χ1v) is 0. The van der Waals surface area contributed by atoms with Gasteiger partial charge in [0.05, 0.1) is 0 Å². The van der Waals surface area contributed by atoms with Crippen LogP contribution in [0.15, 0.2) is 0 Å². The molecule has 0 spiro atoms. The number of hydrogen-bond donors (Lipinski definition) is 0. The molecule has 32 valence electrons. The van der Waals surface area contributed by atoms with Crippen molar-refractivity contribution in [1.82, 2.24) is 0 Å². The van der Waals surface area contributed by atoms with E-state index in [4.69, 9.17) is 0 Å². The topological polar surface area (TPSA) is 0 Å². The predicted octanol–water partition coefficient (Wildman–Crippen LogP) is -12.0. The smallest absolute Gasteiger partial charge is 1.00 e. The quantitative estimate of drug-likeness (QED) is 0.292. The van der Waals surface area contributed by atoms with E-state index in [-0.39, 0.29) is 115 Å². The monoisotopic (exact) mass is 494 g/mol. The Morgan fingerprint density at radius 2 is 0.500 bits per heavy atom. The van der Waals surface area contributed by atoms with E-state index in [2.05, 4.69) is 0 Å². The van der Waals surface area contributed by atoms with Crippen molar-refractivity contribution in [2.75, 3.05) is 0 Å². The zero-order valence-corrected chi connectivity index (χ0v) is 16.3. The van der Waals surface area contributed by atoms with Gasteiger partial charge in [0.25, 0.3) is 0 Å². The van der Waals surface area contributed by atoms with E-state index in [9.17, 15) is 0 Å². The second kappa shape index (κ2) is 39.3. The minimum atomic E-state index is 0. The normalized spacial score (nSPS) is 0. The van der Waals surface area contributed by atoms with E-state index in [1.54, 1.807) is 0 Å². The Balaban J connectivity index is 0. The van der Waals surface area contributed by atoms with Gasteiger partial charge >= 0.3 is 46.8 Å². The molecule has 6 heavy (non-hydrogen) atoms. The largest absolute Gasteiger partial charge is 2.00 e. The molecule has 0 bridgehead atoms. The van der Waals surface area contributed by atoms with E-state index in [1.807, 2.05) is 0 Å². The van der Waals surface area contributed by atoms with E-state index in [1.165, 1.54) is 0 Å². The minimum absolute atomic E-state index is 0. The van der Waals surface area contributed by atoms with Crippen LogP contribution in [-0.2, 0) is 46.8 Å². The van der Waals surface area contributed by atoms with Gasteiger partial charge in [-0.15, -0.1) is 0 Å². The van der Waals surface area contributed by atoms with Gasteiger partial charge in [-0.05, 0) is 0 Å². The average Bonchev–Trinajstić information content (AvgIpc) is 0. The maximum Gasteiger partial charge on any atom is 2.00 e. The first kappa shape index (κ1) is 56.5. The first-order valence-electron chi connectivity index (χ1n) is 0. The third-order valence-electron chi connectivity index (χ3n) is 0. The van der Waals surface area contributed by atoms with Crippen molar-refractivity contribution in [3.8, 4) is 0 Å². The molecule has 0 aromatic heterocycles. The van der Waals surface area contributed by atoms with Crippen molar-refractivity contribution in [2.24, 2.45) is 0 Å². The van der Waals surface area contributed by atoms with Crippen LogP contribution in [0, 0.1) is 0 Å². The maximum absolute atomic E-state index is 0. The number of halogens is 4. The Labute approximate surface area is 113 Å². The summed E-state index contributed by atoms with van der Waals surface area (Å²) in [6.07, 6.45) is 0. The molecule has 0 atom stereocenters. The standard InChI is InChI=1S/4BrH.Cd.Zn/h4*1H;;/q;;;;2*+2/p-4. The molecule has 0 aliphatic carbocycles. The first-order chi connectivity index (χ1) is 0. The van der Waals surface area contributed by atoms with Crippen molar-refractivity contribution in [3.63, 3.8) is 0 Å². The van der Waals surface area contributed by atoms with Gasteiger partial charge < -0.3 is 67.9 Å². The zero-order chi connectivity index (χ0) is 0. The van der Waals surface area contributed by atoms with Gasteiger partial charge in [-0.25, -0.2) is 0 Å². The van der Waals surface area contributed by atoms with Crippen LogP contribution < -0.4 is 67.9 Å². The van der Waals surface area contributed by atoms with Crippen LogP contribution in [0.25, 0.3) is 0 Å². The van der Waals surface area contributed by atoms with E-state index >= 15 is 0 Å². The maximum atomic E-state index is 0. The molecule has 0 unspecified atom stereocenters. The molecule has 0 heterocycles. The zero-order valence-electron chi connectivity index (χ0n) is 2.93. The molecule has 0 aromatic carbocycles. The fraction of sp³-hybridized carbons (Fsp3) is 0. The van der Waals surface area contributed by atoms with Gasteiger partial charge in [0.1, 0.15) is 0 Å². The SMILES string of the molecule is [Br-].[Br-].[Br-].[Br-].[Cd+2].[Zn+2]. The third kappa shape index (κ3) is 26.0. The van der Waals surface area contributed by atoms with E-state index in [0.29, 0.717) is 0 Å². The molecule has 0 saturated heterocycles. The summed E-state index contributed by atoms with van der Waals surface area (Å²) in [5, 5.41) is 0. The molecule has 0 aliphatic rings. The van der Waals surface area contributed by atoms with Crippen molar-refractivity contribution in [3.05, 3.63) is 0 Å². The van der Waals surface area contributed by atoms with Crippen LogP contribution in [0.1, 0.15) is 0 Å². The Morgan fingerprint density at radius 1 is 0.500 bits per heavy atom. The van der Waals surface area contributed by atoms with Gasteiger partial charge in [-0.1, -0.05) is 0 Å². The second-order valence-electron chi connectivity index (χ2n) is 0. The molecule has 0 saturated carbocycles. The summed E-state index contributed by atoms with van der Waals surface area (Å²) in [5.41, 5.74) is 0. The van der Waals surface area contributed by atoms with Crippen LogP contribution in [0.4, 0.5) is 0 Å². The molecule has 0 aromatic rings. The summed E-state index contributed by atoms with van der Waals surface area (Å²) in [7, 11) is 0. The summed E-state index contributed by atoms with van der Waals surface area (Å²) in [6.45, 7) is 0. The summed E-state index contributed by atoms with van der Waals surface area (Å²) in [4.78, 5) is 0. The van der Waals surface area contributed by atoms with Crippen molar-refractivity contribution in [2.45, 2.75) is 0 Å². The molecular weight excluding hydrogens is 497 g/mol. The van der Waals surface area contributed by atoms with E-state index in [0.717, 1.165) is 0 Å². The van der Waals surface area contributed by atoms with E-state index < -0.39 is 0 Å². The fourth-order valence-electron chi connectivity index (χ4n) is 0. The van der Waals surface area contributed by atoms with Crippen molar-refractivity contribution < 1.29 is 115 Å². The molecule has 0 nitrogen and oxygen atoms in total. The predicted molar refractivity (Wildman–Crippen MR) is 0 cm³/mol. The molecular formula is Br4CdZn. The minimum Gasteiger partial charge on any atom is -1.00 e. The average molecular weight is 497 g/mol. The van der Waals surface area contributed by atoms with Gasteiger partial charge in [0, 0.05) is 0 Å². The number of hydrogen-bond acceptors (Lipinski definition) is 0. The van der Waals surface area contributed by atoms with Gasteiger partial charge in [-0.2, -0.15) is 0 Å². The summed E-state index contributed by atoms with van der Waals surface area (Å²) in [6, 6.07) is 0. The summed E-state index contributed by atoms with van der Waals surface area (Å²) >= 11 is 0. The molecule has 0 fully saturated rings. The Bertz CT molecular complexity index is 7.51. The van der Waals surface area contributed by atoms with Gasteiger partial charge in [0.2, 0.25) is 0 Å². The molecule has 0 N–H and O–H groups in total. The Kier molecular flexibility index (Phi) is 370. The van der Waals surface area contributed by atoms with Crippen LogP contribution in [-0.4, -0.2) is 0 Å². The van der Waals surface area contributed by atoms with Crippen LogP contribution in [0.2, 0.25) is 0 Å². The summed E-state index contributed by atoms with van der Waals surface area (Å²) < 4.78 is 0. The fourth-order valence-corrected chi connectivity index (χ4v) is 0.